The highest BCUT2D eigenvalue weighted by atomic mass is 16.2. The maximum atomic E-state index is 10.1. The quantitative estimate of drug-likeness (QED) is 0.366. The predicted octanol–water partition coefficient (Wildman–Crippen LogP) is -2.54. The zero-order valence-electron chi connectivity index (χ0n) is 3.96. The van der Waals surface area contributed by atoms with Crippen molar-refractivity contribution in [3.05, 3.63) is 16.8 Å². The van der Waals surface area contributed by atoms with E-state index in [1.807, 2.05) is 0 Å². The molecule has 0 radical (unpaired) electrons. The van der Waals surface area contributed by atoms with Crippen molar-refractivity contribution < 1.29 is 5.48 Å². The molecule has 1 rings (SSSR count). The van der Waals surface area contributed by atoms with E-state index in [1.165, 1.54) is 6.33 Å². The molecule has 0 aromatic carbocycles. The van der Waals surface area contributed by atoms with E-state index >= 15 is 0 Å². The number of nitrogen functional groups attached to an aromatic ring is 1. The molecule has 0 spiro atoms. The fourth-order valence-corrected chi connectivity index (χ4v) is 0.256. The van der Waals surface area contributed by atoms with Crippen LogP contribution in [0.3, 0.4) is 0 Å². The number of hydrogen-bond acceptors (Lipinski definition) is 3. The van der Waals surface area contributed by atoms with Crippen molar-refractivity contribution in [2.24, 2.45) is 0 Å². The summed E-state index contributed by atoms with van der Waals surface area (Å²) in [4.78, 5) is 10.1. The van der Waals surface area contributed by atoms with Crippen molar-refractivity contribution in [1.29, 1.82) is 0 Å². The summed E-state index contributed by atoms with van der Waals surface area (Å²) in [5.74, 6) is 4.95. The molecule has 6 nitrogen and oxygen atoms in total. The Morgan fingerprint density at radius 1 is 1.88 bits per heavy atom. The molecule has 0 fully saturated rings. The zero-order valence-corrected chi connectivity index (χ0v) is 3.96. The largest absolute Gasteiger partial charge is 0.412 e. The van der Waals surface area contributed by atoms with E-state index < -0.39 is 5.69 Å². The average molecular weight is 118 g/mol. The minimum absolute atomic E-state index is 0. The van der Waals surface area contributed by atoms with E-state index in [-0.39, 0.29) is 5.48 Å². The van der Waals surface area contributed by atoms with Crippen LogP contribution in [0.2, 0.25) is 0 Å². The number of aromatic amines is 1. The third kappa shape index (κ3) is 0.850. The molecule has 0 bridgehead atoms. The lowest BCUT2D eigenvalue weighted by Gasteiger charge is -1.76. The summed E-state index contributed by atoms with van der Waals surface area (Å²) in [5.41, 5.74) is -0.403. The molecule has 5 N–H and O–H groups in total. The fourth-order valence-electron chi connectivity index (χ4n) is 0.256. The normalized spacial score (nSPS) is 8.00. The highest BCUT2D eigenvalue weighted by Gasteiger charge is 1.83. The molecule has 8 heavy (non-hydrogen) atoms. The first kappa shape index (κ1) is 6.70. The van der Waals surface area contributed by atoms with Crippen LogP contribution >= 0.6 is 0 Å². The van der Waals surface area contributed by atoms with Gasteiger partial charge >= 0.3 is 5.69 Å². The summed E-state index contributed by atoms with van der Waals surface area (Å²) in [6.45, 7) is 0. The van der Waals surface area contributed by atoms with E-state index in [1.54, 1.807) is 0 Å². The SMILES string of the molecule is Nn1cn[nH]c1=O.O. The molecule has 0 atom stereocenters. The number of rotatable bonds is 0. The van der Waals surface area contributed by atoms with E-state index in [0.717, 1.165) is 4.68 Å². The van der Waals surface area contributed by atoms with Crippen LogP contribution in [0.25, 0.3) is 0 Å². The molecule has 0 aliphatic heterocycles. The van der Waals surface area contributed by atoms with Gasteiger partial charge in [-0.15, -0.1) is 0 Å². The Kier molecular flexibility index (Phi) is 1.78. The fraction of sp³-hybridized carbons (Fsp3) is 0. The molecular formula is C2H6N4O2. The van der Waals surface area contributed by atoms with Crippen molar-refractivity contribution in [3.8, 4) is 0 Å². The number of nitrogens with two attached hydrogens (primary N) is 1. The summed E-state index contributed by atoms with van der Waals surface area (Å²) in [5, 5.41) is 5.42. The van der Waals surface area contributed by atoms with Gasteiger partial charge in [0, 0.05) is 0 Å². The number of H-pyrrole nitrogens is 1. The van der Waals surface area contributed by atoms with Gasteiger partial charge in [0.2, 0.25) is 0 Å². The summed E-state index contributed by atoms with van der Waals surface area (Å²) in [6, 6.07) is 0. The summed E-state index contributed by atoms with van der Waals surface area (Å²) >= 11 is 0. The van der Waals surface area contributed by atoms with Crippen LogP contribution in [0.4, 0.5) is 0 Å². The Morgan fingerprint density at radius 3 is 2.62 bits per heavy atom. The zero-order chi connectivity index (χ0) is 5.28. The van der Waals surface area contributed by atoms with E-state index in [2.05, 4.69) is 10.2 Å². The second-order valence-electron chi connectivity index (χ2n) is 1.07. The molecule has 0 unspecified atom stereocenters. The van der Waals surface area contributed by atoms with Gasteiger partial charge in [-0.2, -0.15) is 9.77 Å². The Morgan fingerprint density at radius 2 is 2.50 bits per heavy atom. The minimum Gasteiger partial charge on any atom is -0.412 e. The van der Waals surface area contributed by atoms with Crippen LogP contribution in [0.15, 0.2) is 11.1 Å². The van der Waals surface area contributed by atoms with Gasteiger partial charge in [-0.05, 0) is 0 Å². The maximum absolute atomic E-state index is 10.1. The van der Waals surface area contributed by atoms with Crippen LogP contribution in [0.1, 0.15) is 0 Å². The van der Waals surface area contributed by atoms with Crippen LogP contribution in [-0.2, 0) is 0 Å². The highest BCUT2D eigenvalue weighted by Crippen LogP contribution is 1.51. The summed E-state index contributed by atoms with van der Waals surface area (Å²) in [7, 11) is 0. The van der Waals surface area contributed by atoms with Crippen molar-refractivity contribution in [2.45, 2.75) is 0 Å². The first-order valence-electron chi connectivity index (χ1n) is 1.68. The van der Waals surface area contributed by atoms with Crippen molar-refractivity contribution in [1.82, 2.24) is 14.9 Å². The van der Waals surface area contributed by atoms with E-state index in [0.29, 0.717) is 0 Å². The Bertz CT molecular complexity index is 200. The van der Waals surface area contributed by atoms with E-state index in [9.17, 15) is 4.79 Å². The van der Waals surface area contributed by atoms with E-state index in [4.69, 9.17) is 5.84 Å². The van der Waals surface area contributed by atoms with Gasteiger partial charge in [0.15, 0.2) is 0 Å². The second-order valence-corrected chi connectivity index (χ2v) is 1.07. The highest BCUT2D eigenvalue weighted by molar-refractivity contribution is 4.59. The second kappa shape index (κ2) is 2.12. The van der Waals surface area contributed by atoms with Gasteiger partial charge in [0.05, 0.1) is 0 Å². The lowest BCUT2D eigenvalue weighted by atomic mass is 11.2. The average Bonchev–Trinajstić information content (AvgIpc) is 1.91. The summed E-state index contributed by atoms with van der Waals surface area (Å²) < 4.78 is 0.861. The van der Waals surface area contributed by atoms with Gasteiger partial charge in [-0.1, -0.05) is 0 Å². The van der Waals surface area contributed by atoms with Crippen LogP contribution in [0, 0.1) is 0 Å². The Labute approximate surface area is 44.2 Å². The molecule has 0 saturated heterocycles. The first-order chi connectivity index (χ1) is 3.30. The van der Waals surface area contributed by atoms with Gasteiger partial charge in [0.1, 0.15) is 6.33 Å². The van der Waals surface area contributed by atoms with Crippen molar-refractivity contribution in [3.63, 3.8) is 0 Å². The maximum Gasteiger partial charge on any atom is 0.361 e. The number of nitrogens with one attached hydrogen (secondary N) is 1. The molecule has 0 aliphatic carbocycles. The number of nitrogens with zero attached hydrogens (tertiary/aromatic N) is 2. The smallest absolute Gasteiger partial charge is 0.361 e. The number of hydrogen-bond donors (Lipinski definition) is 2. The van der Waals surface area contributed by atoms with Crippen LogP contribution in [-0.4, -0.2) is 20.3 Å². The molecule has 1 heterocycles. The van der Waals surface area contributed by atoms with Gasteiger partial charge in [-0.3, -0.25) is 0 Å². The molecule has 0 aliphatic rings. The predicted molar refractivity (Wildman–Crippen MR) is 26.6 cm³/mol. The summed E-state index contributed by atoms with van der Waals surface area (Å²) in [6.07, 6.45) is 1.20. The lowest BCUT2D eigenvalue weighted by molar-refractivity contribution is 0.824. The first-order valence-corrected chi connectivity index (χ1v) is 1.68. The van der Waals surface area contributed by atoms with Crippen LogP contribution in [0.5, 0.6) is 0 Å². The molecule has 46 valence electrons. The third-order valence-electron chi connectivity index (χ3n) is 0.577. The van der Waals surface area contributed by atoms with Crippen molar-refractivity contribution >= 4 is 0 Å². The number of aromatic nitrogens is 3. The minimum atomic E-state index is -0.403. The lowest BCUT2D eigenvalue weighted by Crippen LogP contribution is -2.22. The standard InChI is InChI=1S/C2H4N4O.H2O/c3-6-1-4-5-2(6)7;/h1H,3H2,(H,5,7);1H2. The molecule has 0 saturated carbocycles. The van der Waals surface area contributed by atoms with Gasteiger partial charge < -0.3 is 11.3 Å². The molecular weight excluding hydrogens is 112 g/mol. The third-order valence-corrected chi connectivity index (χ3v) is 0.577. The molecule has 6 heteroatoms. The molecule has 1 aromatic heterocycles. The van der Waals surface area contributed by atoms with Gasteiger partial charge in [-0.25, -0.2) is 9.89 Å². The topological polar surface area (TPSA) is 108 Å². The Balaban J connectivity index is 0.000000490. The monoisotopic (exact) mass is 118 g/mol. The van der Waals surface area contributed by atoms with Crippen molar-refractivity contribution in [2.75, 3.05) is 5.84 Å². The Hall–Kier alpha value is -1.30. The van der Waals surface area contributed by atoms with Crippen LogP contribution < -0.4 is 11.5 Å². The van der Waals surface area contributed by atoms with Gasteiger partial charge in [0.25, 0.3) is 0 Å². The molecule has 1 aromatic rings. The molecule has 0 amide bonds.